The van der Waals surface area contributed by atoms with Crippen molar-refractivity contribution < 1.29 is 0 Å². The van der Waals surface area contributed by atoms with E-state index in [0.29, 0.717) is 6.04 Å². The summed E-state index contributed by atoms with van der Waals surface area (Å²) in [6.45, 7) is 0. The summed E-state index contributed by atoms with van der Waals surface area (Å²) in [6, 6.07) is 0.516. The van der Waals surface area contributed by atoms with Gasteiger partial charge in [-0.3, -0.25) is 11.3 Å². The second kappa shape index (κ2) is 7.17. The molecule has 0 bridgehead atoms. The van der Waals surface area contributed by atoms with Crippen molar-refractivity contribution >= 4 is 0 Å². The lowest BCUT2D eigenvalue weighted by Crippen LogP contribution is -2.37. The van der Waals surface area contributed by atoms with Crippen molar-refractivity contribution in [1.29, 1.82) is 0 Å². The summed E-state index contributed by atoms with van der Waals surface area (Å²) in [4.78, 5) is 0. The summed E-state index contributed by atoms with van der Waals surface area (Å²) in [7, 11) is 0. The minimum atomic E-state index is 0.516. The van der Waals surface area contributed by atoms with E-state index in [-0.39, 0.29) is 0 Å². The second-order valence-electron chi connectivity index (χ2n) is 5.92. The van der Waals surface area contributed by atoms with Crippen LogP contribution in [-0.4, -0.2) is 6.04 Å². The Kier molecular flexibility index (Phi) is 5.53. The largest absolute Gasteiger partial charge is 0.271 e. The molecule has 2 heteroatoms. The van der Waals surface area contributed by atoms with E-state index < -0.39 is 0 Å². The molecule has 0 saturated heterocycles. The maximum Gasteiger partial charge on any atom is 0.0250 e. The molecule has 1 fully saturated rings. The normalized spacial score (nSPS) is 24.4. The first-order chi connectivity index (χ1) is 8.38. The Bertz CT molecular complexity index is 241. The predicted molar refractivity (Wildman–Crippen MR) is 73.5 cm³/mol. The minimum absolute atomic E-state index is 0.516. The van der Waals surface area contributed by atoms with Gasteiger partial charge in [-0.1, -0.05) is 43.8 Å². The van der Waals surface area contributed by atoms with Crippen LogP contribution in [-0.2, 0) is 0 Å². The smallest absolute Gasteiger partial charge is 0.0250 e. The van der Waals surface area contributed by atoms with Crippen LogP contribution >= 0.6 is 0 Å². The number of hydrazine groups is 1. The van der Waals surface area contributed by atoms with E-state index in [2.05, 4.69) is 11.5 Å². The van der Waals surface area contributed by atoms with E-state index in [4.69, 9.17) is 5.84 Å². The molecule has 2 nitrogen and oxygen atoms in total. The van der Waals surface area contributed by atoms with Crippen LogP contribution in [0.25, 0.3) is 0 Å². The summed E-state index contributed by atoms with van der Waals surface area (Å²) in [5.41, 5.74) is 4.70. The molecule has 2 aliphatic carbocycles. The Morgan fingerprint density at radius 3 is 2.65 bits per heavy atom. The predicted octanol–water partition coefficient (Wildman–Crippen LogP) is 3.68. The van der Waals surface area contributed by atoms with E-state index in [9.17, 15) is 0 Å². The number of nitrogens with two attached hydrogens (primary N) is 1. The van der Waals surface area contributed by atoms with Crippen LogP contribution in [0.2, 0.25) is 0 Å². The van der Waals surface area contributed by atoms with Gasteiger partial charge in [-0.15, -0.1) is 0 Å². The van der Waals surface area contributed by atoms with Gasteiger partial charge in [0.1, 0.15) is 0 Å². The number of allylic oxidation sites excluding steroid dienone is 1. The fourth-order valence-corrected chi connectivity index (χ4v) is 3.44. The molecule has 98 valence electrons. The molecule has 0 aromatic rings. The van der Waals surface area contributed by atoms with Crippen LogP contribution in [0.1, 0.15) is 70.6 Å². The quantitative estimate of drug-likeness (QED) is 0.434. The average Bonchev–Trinajstić information content (AvgIpc) is 2.40. The van der Waals surface area contributed by atoms with Crippen LogP contribution in [0.3, 0.4) is 0 Å². The molecule has 0 aromatic carbocycles. The molecule has 0 heterocycles. The molecular formula is C15H28N2. The molecule has 0 aromatic heterocycles. The van der Waals surface area contributed by atoms with Crippen molar-refractivity contribution in [3.05, 3.63) is 11.6 Å². The van der Waals surface area contributed by atoms with E-state index in [1.807, 2.05) is 0 Å². The van der Waals surface area contributed by atoms with Gasteiger partial charge in [0.25, 0.3) is 0 Å². The van der Waals surface area contributed by atoms with Crippen LogP contribution < -0.4 is 11.3 Å². The molecule has 3 N–H and O–H groups in total. The SMILES string of the molecule is NNC(CC1=CCCCC1)CC1CCCCC1. The van der Waals surface area contributed by atoms with Gasteiger partial charge in [0.05, 0.1) is 0 Å². The summed E-state index contributed by atoms with van der Waals surface area (Å²) in [5.74, 6) is 6.65. The van der Waals surface area contributed by atoms with Crippen LogP contribution in [0.5, 0.6) is 0 Å². The molecule has 1 saturated carbocycles. The lowest BCUT2D eigenvalue weighted by atomic mass is 9.83. The second-order valence-corrected chi connectivity index (χ2v) is 5.92. The highest BCUT2D eigenvalue weighted by Crippen LogP contribution is 2.29. The zero-order valence-electron chi connectivity index (χ0n) is 11.1. The molecule has 0 aliphatic heterocycles. The highest BCUT2D eigenvalue weighted by molar-refractivity contribution is 5.07. The number of rotatable bonds is 5. The zero-order valence-corrected chi connectivity index (χ0v) is 11.1. The fourth-order valence-electron chi connectivity index (χ4n) is 3.44. The van der Waals surface area contributed by atoms with Gasteiger partial charge in [0, 0.05) is 6.04 Å². The molecule has 0 radical (unpaired) electrons. The van der Waals surface area contributed by atoms with Crippen molar-refractivity contribution in [3.8, 4) is 0 Å². The fraction of sp³-hybridized carbons (Fsp3) is 0.867. The summed E-state index contributed by atoms with van der Waals surface area (Å²) in [6.07, 6.45) is 17.5. The molecule has 0 amide bonds. The Balaban J connectivity index is 1.76. The van der Waals surface area contributed by atoms with Gasteiger partial charge in [0.2, 0.25) is 0 Å². The number of nitrogens with one attached hydrogen (secondary N) is 1. The van der Waals surface area contributed by atoms with Gasteiger partial charge < -0.3 is 0 Å². The maximum atomic E-state index is 5.73. The Hall–Kier alpha value is -0.340. The topological polar surface area (TPSA) is 38.0 Å². The lowest BCUT2D eigenvalue weighted by molar-refractivity contribution is 0.296. The highest BCUT2D eigenvalue weighted by atomic mass is 15.2. The lowest BCUT2D eigenvalue weighted by Gasteiger charge is -2.27. The molecule has 2 aliphatic rings. The Labute approximate surface area is 106 Å². The maximum absolute atomic E-state index is 5.73. The van der Waals surface area contributed by atoms with Crippen molar-refractivity contribution in [3.63, 3.8) is 0 Å². The van der Waals surface area contributed by atoms with Crippen LogP contribution in [0, 0.1) is 5.92 Å². The summed E-state index contributed by atoms with van der Waals surface area (Å²) >= 11 is 0. The average molecular weight is 236 g/mol. The van der Waals surface area contributed by atoms with Gasteiger partial charge in [-0.25, -0.2) is 0 Å². The Morgan fingerprint density at radius 2 is 2.00 bits per heavy atom. The summed E-state index contributed by atoms with van der Waals surface area (Å²) in [5, 5.41) is 0. The van der Waals surface area contributed by atoms with Gasteiger partial charge in [-0.05, 0) is 44.4 Å². The van der Waals surface area contributed by atoms with Gasteiger partial charge in [-0.2, -0.15) is 0 Å². The molecule has 0 spiro atoms. The van der Waals surface area contributed by atoms with Crippen molar-refractivity contribution in [1.82, 2.24) is 5.43 Å². The third-order valence-corrected chi connectivity index (χ3v) is 4.47. The van der Waals surface area contributed by atoms with E-state index in [1.165, 1.54) is 70.6 Å². The van der Waals surface area contributed by atoms with Crippen molar-refractivity contribution in [2.24, 2.45) is 11.8 Å². The van der Waals surface area contributed by atoms with Crippen LogP contribution in [0.4, 0.5) is 0 Å². The van der Waals surface area contributed by atoms with Crippen molar-refractivity contribution in [2.45, 2.75) is 76.7 Å². The highest BCUT2D eigenvalue weighted by Gasteiger charge is 2.19. The molecule has 2 rings (SSSR count). The molecular weight excluding hydrogens is 208 g/mol. The molecule has 17 heavy (non-hydrogen) atoms. The monoisotopic (exact) mass is 236 g/mol. The number of hydrogen-bond donors (Lipinski definition) is 2. The third-order valence-electron chi connectivity index (χ3n) is 4.47. The van der Waals surface area contributed by atoms with Crippen molar-refractivity contribution in [2.75, 3.05) is 0 Å². The first-order valence-corrected chi connectivity index (χ1v) is 7.52. The first kappa shape index (κ1) is 13.1. The van der Waals surface area contributed by atoms with Gasteiger partial charge >= 0.3 is 0 Å². The Morgan fingerprint density at radius 1 is 1.18 bits per heavy atom. The van der Waals surface area contributed by atoms with Gasteiger partial charge in [0.15, 0.2) is 0 Å². The minimum Gasteiger partial charge on any atom is -0.271 e. The standard InChI is InChI=1S/C15H28N2/c16-17-15(11-13-7-3-1-4-8-13)12-14-9-5-2-6-10-14/h7,14-15,17H,1-6,8-12,16H2. The van der Waals surface area contributed by atoms with E-state index >= 15 is 0 Å². The zero-order chi connectivity index (χ0) is 11.9. The number of hydrogen-bond acceptors (Lipinski definition) is 2. The van der Waals surface area contributed by atoms with Crippen LogP contribution in [0.15, 0.2) is 11.6 Å². The van der Waals surface area contributed by atoms with E-state index in [0.717, 1.165) is 5.92 Å². The molecule has 1 atom stereocenters. The first-order valence-electron chi connectivity index (χ1n) is 7.52. The molecule has 1 unspecified atom stereocenters. The third kappa shape index (κ3) is 4.44. The summed E-state index contributed by atoms with van der Waals surface area (Å²) < 4.78 is 0. The van der Waals surface area contributed by atoms with E-state index in [1.54, 1.807) is 5.57 Å².